The summed E-state index contributed by atoms with van der Waals surface area (Å²) in [5, 5.41) is 23.5. The van der Waals surface area contributed by atoms with E-state index in [1.165, 1.54) is 353 Å². The Morgan fingerprint density at radius 1 is 0.333 bits per heavy atom. The largest absolute Gasteiger partial charge is 0.466 e. The maximum atomic E-state index is 12.6. The van der Waals surface area contributed by atoms with Crippen LogP contribution in [0.5, 0.6) is 0 Å². The second-order valence-corrected chi connectivity index (χ2v) is 26.7. The Hall–Kier alpha value is -1.66. The van der Waals surface area contributed by atoms with Crippen molar-refractivity contribution < 1.29 is 24.5 Å². The quantitative estimate of drug-likeness (QED) is 0.0320. The van der Waals surface area contributed by atoms with Gasteiger partial charge in [-0.1, -0.05) is 391 Å². The number of ether oxygens (including phenoxy) is 1. The summed E-state index contributed by atoms with van der Waals surface area (Å²) in [4.78, 5) is 24.6. The van der Waals surface area contributed by atoms with Gasteiger partial charge in [-0.3, -0.25) is 9.59 Å². The highest BCUT2D eigenvalue weighted by molar-refractivity contribution is 5.76. The Morgan fingerprint density at radius 2 is 0.595 bits per heavy atom. The van der Waals surface area contributed by atoms with Crippen LogP contribution >= 0.6 is 0 Å². The number of aliphatic hydroxyl groups is 2. The van der Waals surface area contributed by atoms with Crippen molar-refractivity contribution in [2.75, 3.05) is 13.2 Å². The van der Waals surface area contributed by atoms with E-state index in [-0.39, 0.29) is 18.5 Å². The fourth-order valence-corrected chi connectivity index (χ4v) is 12.4. The molecule has 2 atom stereocenters. The predicted octanol–water partition coefficient (Wildman–Crippen LogP) is 25.3. The molecular formula is C78H151NO5. The van der Waals surface area contributed by atoms with Crippen molar-refractivity contribution in [2.24, 2.45) is 0 Å². The van der Waals surface area contributed by atoms with E-state index < -0.39 is 12.1 Å². The minimum atomic E-state index is -0.662. The molecule has 0 aromatic heterocycles. The first-order chi connectivity index (χ1) is 41.5. The molecule has 0 heterocycles. The maximum absolute atomic E-state index is 12.6. The van der Waals surface area contributed by atoms with Gasteiger partial charge in [-0.2, -0.15) is 0 Å². The van der Waals surface area contributed by atoms with Crippen LogP contribution in [0.2, 0.25) is 0 Å². The van der Waals surface area contributed by atoms with Gasteiger partial charge in [0.2, 0.25) is 5.91 Å². The third-order valence-electron chi connectivity index (χ3n) is 18.3. The number of allylic oxidation sites excluding steroid dienone is 4. The Balaban J connectivity index is 3.33. The monoisotopic (exact) mass is 1180 g/mol. The average Bonchev–Trinajstić information content (AvgIpc) is 3.51. The Kier molecular flexibility index (Phi) is 72.3. The third kappa shape index (κ3) is 69.4. The topological polar surface area (TPSA) is 95.9 Å². The van der Waals surface area contributed by atoms with Crippen LogP contribution in [0.15, 0.2) is 24.3 Å². The normalized spacial score (nSPS) is 12.6. The molecule has 6 nitrogen and oxygen atoms in total. The first kappa shape index (κ1) is 82.3. The van der Waals surface area contributed by atoms with Crippen molar-refractivity contribution in [3.05, 3.63) is 24.3 Å². The molecular weight excluding hydrogens is 1030 g/mol. The fraction of sp³-hybridized carbons (Fsp3) is 0.923. The van der Waals surface area contributed by atoms with Crippen LogP contribution in [-0.2, 0) is 14.3 Å². The number of carbonyl (C=O) groups excluding carboxylic acids is 2. The van der Waals surface area contributed by atoms with Gasteiger partial charge >= 0.3 is 5.97 Å². The molecule has 84 heavy (non-hydrogen) atoms. The summed E-state index contributed by atoms with van der Waals surface area (Å²) in [5.41, 5.74) is 0. The maximum Gasteiger partial charge on any atom is 0.305 e. The van der Waals surface area contributed by atoms with Crippen molar-refractivity contribution in [1.82, 2.24) is 5.32 Å². The second-order valence-electron chi connectivity index (χ2n) is 26.7. The van der Waals surface area contributed by atoms with E-state index in [9.17, 15) is 19.8 Å². The summed E-state index contributed by atoms with van der Waals surface area (Å²) < 4.78 is 5.49. The zero-order valence-corrected chi connectivity index (χ0v) is 57.2. The summed E-state index contributed by atoms with van der Waals surface area (Å²) in [6, 6.07) is -0.539. The SMILES string of the molecule is CCCCC/C=C\C/C=C\CCCCCCCC(=O)OCCCCCCCCCCCCCCCCCCCCCCCCCCCCCCCCCC(=O)NC(CO)C(O)CCCCCCCCCCCCCCCCCCCCCCC. The lowest BCUT2D eigenvalue weighted by Gasteiger charge is -2.22. The molecule has 0 rings (SSSR count). The predicted molar refractivity (Wildman–Crippen MR) is 370 cm³/mol. The number of aliphatic hydroxyl groups excluding tert-OH is 2. The van der Waals surface area contributed by atoms with E-state index in [0.717, 1.165) is 51.4 Å². The van der Waals surface area contributed by atoms with Gasteiger partial charge in [0.1, 0.15) is 0 Å². The van der Waals surface area contributed by atoms with Crippen LogP contribution in [0.3, 0.4) is 0 Å². The summed E-state index contributed by atoms with van der Waals surface area (Å²) in [6.45, 7) is 4.97. The van der Waals surface area contributed by atoms with Gasteiger partial charge in [0.05, 0.1) is 25.4 Å². The molecule has 0 spiro atoms. The highest BCUT2D eigenvalue weighted by Gasteiger charge is 2.20. The molecule has 6 heteroatoms. The van der Waals surface area contributed by atoms with Gasteiger partial charge in [-0.15, -0.1) is 0 Å². The molecule has 0 saturated heterocycles. The summed E-state index contributed by atoms with van der Waals surface area (Å²) in [5.74, 6) is -0.0181. The standard InChI is InChI=1S/C78H151NO5/c1-3-5-7-9-11-13-15-17-19-20-21-33-36-39-43-46-50-54-58-62-66-70-76(81)75(74-80)79-77(82)71-67-63-59-55-51-47-44-40-37-34-31-29-27-25-23-22-24-26-28-30-32-35-38-41-45-49-53-57-61-65-69-73-84-78(83)72-68-64-60-56-52-48-42-18-16-14-12-10-8-6-4-2/h12,14,18,42,75-76,80-81H,3-11,13,15-17,19-41,43-74H2,1-2H3,(H,79,82)/b14-12-,42-18-. The Morgan fingerprint density at radius 3 is 0.929 bits per heavy atom. The minimum Gasteiger partial charge on any atom is -0.466 e. The average molecular weight is 1180 g/mol. The van der Waals surface area contributed by atoms with Crippen LogP contribution in [0.1, 0.15) is 438 Å². The van der Waals surface area contributed by atoms with E-state index in [4.69, 9.17) is 4.74 Å². The number of esters is 1. The summed E-state index contributed by atoms with van der Waals surface area (Å²) >= 11 is 0. The molecule has 0 saturated carbocycles. The molecule has 0 aliphatic heterocycles. The first-order valence-corrected chi connectivity index (χ1v) is 38.6. The van der Waals surface area contributed by atoms with Gasteiger partial charge in [0.25, 0.3) is 0 Å². The molecule has 3 N–H and O–H groups in total. The van der Waals surface area contributed by atoms with Gasteiger partial charge in [0, 0.05) is 12.8 Å². The van der Waals surface area contributed by atoms with Gasteiger partial charge in [0.15, 0.2) is 0 Å². The molecule has 0 aromatic carbocycles. The van der Waals surface area contributed by atoms with Crippen molar-refractivity contribution >= 4 is 11.9 Å². The molecule has 1 amide bonds. The molecule has 0 aliphatic carbocycles. The van der Waals surface area contributed by atoms with Crippen molar-refractivity contribution in [3.8, 4) is 0 Å². The zero-order valence-electron chi connectivity index (χ0n) is 57.2. The lowest BCUT2D eigenvalue weighted by atomic mass is 10.0. The van der Waals surface area contributed by atoms with E-state index >= 15 is 0 Å². The minimum absolute atomic E-state index is 0.00752. The summed E-state index contributed by atoms with van der Waals surface area (Å²) in [7, 11) is 0. The number of amides is 1. The number of hydrogen-bond acceptors (Lipinski definition) is 5. The molecule has 0 aliphatic rings. The van der Waals surface area contributed by atoms with E-state index in [1.54, 1.807) is 0 Å². The van der Waals surface area contributed by atoms with Crippen LogP contribution in [0.4, 0.5) is 0 Å². The number of unbranched alkanes of at least 4 members (excludes halogenated alkanes) is 58. The number of rotatable bonds is 73. The molecule has 0 fully saturated rings. The molecule has 0 radical (unpaired) electrons. The van der Waals surface area contributed by atoms with E-state index in [2.05, 4.69) is 43.5 Å². The number of nitrogens with one attached hydrogen (secondary N) is 1. The van der Waals surface area contributed by atoms with Crippen molar-refractivity contribution in [1.29, 1.82) is 0 Å². The van der Waals surface area contributed by atoms with Crippen LogP contribution in [-0.4, -0.2) is 47.4 Å². The third-order valence-corrected chi connectivity index (χ3v) is 18.3. The lowest BCUT2D eigenvalue weighted by molar-refractivity contribution is -0.143. The zero-order chi connectivity index (χ0) is 60.6. The fourth-order valence-electron chi connectivity index (χ4n) is 12.4. The Labute approximate surface area is 526 Å². The molecule has 0 bridgehead atoms. The Bertz CT molecular complexity index is 1320. The van der Waals surface area contributed by atoms with Gasteiger partial charge in [-0.25, -0.2) is 0 Å². The molecule has 498 valence electrons. The smallest absolute Gasteiger partial charge is 0.305 e. The number of carbonyl (C=O) groups is 2. The molecule has 0 aromatic rings. The summed E-state index contributed by atoms with van der Waals surface area (Å²) in [6.07, 6.45) is 94.0. The van der Waals surface area contributed by atoms with Crippen LogP contribution in [0, 0.1) is 0 Å². The highest BCUT2D eigenvalue weighted by Crippen LogP contribution is 2.20. The van der Waals surface area contributed by atoms with Gasteiger partial charge < -0.3 is 20.3 Å². The van der Waals surface area contributed by atoms with Gasteiger partial charge in [-0.05, 0) is 57.8 Å². The van der Waals surface area contributed by atoms with Crippen molar-refractivity contribution in [3.63, 3.8) is 0 Å². The highest BCUT2D eigenvalue weighted by atomic mass is 16.5. The van der Waals surface area contributed by atoms with Crippen LogP contribution < -0.4 is 5.32 Å². The van der Waals surface area contributed by atoms with Crippen molar-refractivity contribution in [2.45, 2.75) is 450 Å². The van der Waals surface area contributed by atoms with Crippen LogP contribution in [0.25, 0.3) is 0 Å². The lowest BCUT2D eigenvalue weighted by Crippen LogP contribution is -2.45. The van der Waals surface area contributed by atoms with E-state index in [0.29, 0.717) is 25.9 Å². The van der Waals surface area contributed by atoms with E-state index in [1.807, 2.05) is 0 Å². The first-order valence-electron chi connectivity index (χ1n) is 38.6. The molecule has 2 unspecified atom stereocenters. The second kappa shape index (κ2) is 73.8. The number of hydrogen-bond donors (Lipinski definition) is 3.